The van der Waals surface area contributed by atoms with Crippen LogP contribution in [0.3, 0.4) is 0 Å². The first kappa shape index (κ1) is 28.5. The van der Waals surface area contributed by atoms with Crippen LogP contribution in [0.15, 0.2) is 54.7 Å². The van der Waals surface area contributed by atoms with Gasteiger partial charge in [-0.2, -0.15) is 5.26 Å². The molecule has 2 aromatic carbocycles. The van der Waals surface area contributed by atoms with Crippen LogP contribution in [0.5, 0.6) is 0 Å². The molecular formula is C31H37N5O2. The van der Waals surface area contributed by atoms with Crippen molar-refractivity contribution in [3.63, 3.8) is 0 Å². The number of benzene rings is 2. The Morgan fingerprint density at radius 2 is 1.68 bits per heavy atom. The van der Waals surface area contributed by atoms with Crippen LogP contribution >= 0.6 is 0 Å². The van der Waals surface area contributed by atoms with Crippen LogP contribution < -0.4 is 5.32 Å². The van der Waals surface area contributed by atoms with Gasteiger partial charge in [0.05, 0.1) is 23.5 Å². The number of aryl methyl sites for hydroxylation is 1. The number of carbonyl (C=O) groups is 2. The van der Waals surface area contributed by atoms with Gasteiger partial charge in [0.2, 0.25) is 0 Å². The molecule has 3 aromatic rings. The van der Waals surface area contributed by atoms with Crippen LogP contribution in [0.25, 0.3) is 11.1 Å². The highest BCUT2D eigenvalue weighted by molar-refractivity contribution is 6.05. The summed E-state index contributed by atoms with van der Waals surface area (Å²) >= 11 is 0. The third kappa shape index (κ3) is 6.84. The van der Waals surface area contributed by atoms with Crippen molar-refractivity contribution < 1.29 is 9.59 Å². The molecule has 0 atom stereocenters. The van der Waals surface area contributed by atoms with Crippen molar-refractivity contribution in [2.45, 2.75) is 47.0 Å². The number of rotatable bonds is 7. The lowest BCUT2D eigenvalue weighted by atomic mass is 9.85. The number of amides is 2. The first-order chi connectivity index (χ1) is 17.8. The average molecular weight is 512 g/mol. The molecule has 3 rings (SSSR count). The second-order valence-corrected chi connectivity index (χ2v) is 11.2. The third-order valence-electron chi connectivity index (χ3n) is 6.23. The van der Waals surface area contributed by atoms with Crippen LogP contribution in [0.2, 0.25) is 0 Å². The molecule has 0 aliphatic heterocycles. The second-order valence-electron chi connectivity index (χ2n) is 11.2. The highest BCUT2D eigenvalue weighted by Gasteiger charge is 2.20. The molecular weight excluding hydrogens is 474 g/mol. The molecule has 1 N–H and O–H groups in total. The van der Waals surface area contributed by atoms with Crippen LogP contribution in [-0.2, 0) is 5.41 Å². The van der Waals surface area contributed by atoms with Gasteiger partial charge in [0.15, 0.2) is 0 Å². The zero-order chi connectivity index (χ0) is 28.2. The van der Waals surface area contributed by atoms with Crippen molar-refractivity contribution in [3.8, 4) is 17.2 Å². The number of hydrazine groups is 1. The maximum absolute atomic E-state index is 13.1. The lowest BCUT2D eigenvalue weighted by molar-refractivity contribution is 0.0142. The van der Waals surface area contributed by atoms with Crippen molar-refractivity contribution in [1.29, 1.82) is 5.26 Å². The lowest BCUT2D eigenvalue weighted by Crippen LogP contribution is -2.44. The molecule has 7 heteroatoms. The molecule has 2 amide bonds. The van der Waals surface area contributed by atoms with Gasteiger partial charge in [-0.25, -0.2) is 5.01 Å². The van der Waals surface area contributed by atoms with E-state index in [9.17, 15) is 14.9 Å². The van der Waals surface area contributed by atoms with Gasteiger partial charge in [-0.1, -0.05) is 46.8 Å². The molecule has 0 fully saturated rings. The monoisotopic (exact) mass is 511 g/mol. The van der Waals surface area contributed by atoms with Gasteiger partial charge >= 0.3 is 0 Å². The van der Waals surface area contributed by atoms with E-state index in [1.807, 2.05) is 89.3 Å². The van der Waals surface area contributed by atoms with Crippen LogP contribution in [0.1, 0.15) is 72.2 Å². The Morgan fingerprint density at radius 1 is 1.03 bits per heavy atom. The summed E-state index contributed by atoms with van der Waals surface area (Å²) in [4.78, 5) is 30.7. The zero-order valence-electron chi connectivity index (χ0n) is 23.6. The molecule has 0 aliphatic carbocycles. The van der Waals surface area contributed by atoms with Crippen molar-refractivity contribution >= 4 is 17.5 Å². The van der Waals surface area contributed by atoms with Gasteiger partial charge in [-0.3, -0.25) is 19.6 Å². The smallest absolute Gasteiger partial charge is 0.268 e. The fourth-order valence-electron chi connectivity index (χ4n) is 4.07. The number of nitrogens with zero attached hydrogens (tertiary/aromatic N) is 4. The molecule has 0 unspecified atom stereocenters. The Kier molecular flexibility index (Phi) is 8.70. The molecule has 0 saturated heterocycles. The molecule has 7 nitrogen and oxygen atoms in total. The van der Waals surface area contributed by atoms with Gasteiger partial charge in [0.25, 0.3) is 11.8 Å². The largest absolute Gasteiger partial charge is 0.321 e. The maximum Gasteiger partial charge on any atom is 0.268 e. The fraction of sp³-hybridized carbons (Fsp3) is 0.355. The minimum Gasteiger partial charge on any atom is -0.321 e. The van der Waals surface area contributed by atoms with E-state index in [4.69, 9.17) is 0 Å². The zero-order valence-corrected chi connectivity index (χ0v) is 23.6. The van der Waals surface area contributed by atoms with Crippen LogP contribution in [-0.4, -0.2) is 47.5 Å². The van der Waals surface area contributed by atoms with Crippen molar-refractivity contribution in [2.24, 2.45) is 5.92 Å². The SMILES string of the molecule is Cc1ncc(NC(=O)c2cc(C#N)cc(C(C)(C)C)c2)cc1-c1ccc(C(=O)N(CC(C)C)N(C)C)cc1. The topological polar surface area (TPSA) is 89.3 Å². The van der Waals surface area contributed by atoms with Gasteiger partial charge in [-0.05, 0) is 65.8 Å². The van der Waals surface area contributed by atoms with E-state index in [1.165, 1.54) is 0 Å². The Morgan fingerprint density at radius 3 is 2.24 bits per heavy atom. The first-order valence-corrected chi connectivity index (χ1v) is 12.7. The number of nitriles is 1. The molecule has 0 radical (unpaired) electrons. The van der Waals surface area contributed by atoms with Gasteiger partial charge in [0.1, 0.15) is 0 Å². The predicted molar refractivity (Wildman–Crippen MR) is 152 cm³/mol. The lowest BCUT2D eigenvalue weighted by Gasteiger charge is -2.30. The summed E-state index contributed by atoms with van der Waals surface area (Å²) in [6.07, 6.45) is 1.62. The van der Waals surface area contributed by atoms with Crippen LogP contribution in [0.4, 0.5) is 5.69 Å². The molecule has 38 heavy (non-hydrogen) atoms. The number of hydrogen-bond donors (Lipinski definition) is 1. The normalized spacial score (nSPS) is 11.4. The van der Waals surface area contributed by atoms with E-state index in [0.29, 0.717) is 34.8 Å². The first-order valence-electron chi connectivity index (χ1n) is 12.7. The maximum atomic E-state index is 13.1. The molecule has 0 saturated carbocycles. The molecule has 198 valence electrons. The van der Waals surface area contributed by atoms with E-state index in [2.05, 4.69) is 30.2 Å². The van der Waals surface area contributed by atoms with Crippen molar-refractivity contribution in [2.75, 3.05) is 26.0 Å². The van der Waals surface area contributed by atoms with E-state index in [0.717, 1.165) is 22.4 Å². The van der Waals surface area contributed by atoms with Gasteiger partial charge in [0, 0.05) is 43.0 Å². The second kappa shape index (κ2) is 11.6. The molecule has 1 heterocycles. The standard InChI is InChI=1S/C31H37N5O2/c1-20(2)19-36(35(7)8)30(38)24-11-9-23(10-12-24)28-16-27(18-33-21(28)3)34-29(37)25-13-22(17-32)14-26(15-25)31(4,5)6/h9-16,18,20H,19H2,1-8H3,(H,34,37). The third-order valence-corrected chi connectivity index (χ3v) is 6.23. The quantitative estimate of drug-likeness (QED) is 0.390. The summed E-state index contributed by atoms with van der Waals surface area (Å²) in [5.74, 6) is -0.0193. The predicted octanol–water partition coefficient (Wildman–Crippen LogP) is 6.05. The summed E-state index contributed by atoms with van der Waals surface area (Å²) < 4.78 is 0. The highest BCUT2D eigenvalue weighted by atomic mass is 16.2. The number of anilines is 1. The summed E-state index contributed by atoms with van der Waals surface area (Å²) in [5.41, 5.74) is 5.28. The fourth-order valence-corrected chi connectivity index (χ4v) is 4.07. The molecule has 1 aromatic heterocycles. The molecule has 0 bridgehead atoms. The molecule has 0 spiro atoms. The number of carbonyl (C=O) groups excluding carboxylic acids is 2. The van der Waals surface area contributed by atoms with Gasteiger partial charge in [-0.15, -0.1) is 0 Å². The van der Waals surface area contributed by atoms with Crippen molar-refractivity contribution in [3.05, 3.63) is 82.7 Å². The summed E-state index contributed by atoms with van der Waals surface area (Å²) in [6.45, 7) is 12.8. The number of aromatic nitrogens is 1. The highest BCUT2D eigenvalue weighted by Crippen LogP contribution is 2.28. The Hall–Kier alpha value is -4.02. The number of pyridine rings is 1. The van der Waals surface area contributed by atoms with Gasteiger partial charge < -0.3 is 5.32 Å². The summed E-state index contributed by atoms with van der Waals surface area (Å²) in [5, 5.41) is 15.9. The van der Waals surface area contributed by atoms with E-state index in [1.54, 1.807) is 17.3 Å². The van der Waals surface area contributed by atoms with E-state index in [-0.39, 0.29) is 17.2 Å². The Balaban J connectivity index is 1.86. The van der Waals surface area contributed by atoms with E-state index >= 15 is 0 Å². The van der Waals surface area contributed by atoms with E-state index < -0.39 is 0 Å². The number of hydrogen-bond acceptors (Lipinski definition) is 5. The van der Waals surface area contributed by atoms with Crippen LogP contribution in [0, 0.1) is 24.2 Å². The Labute approximate surface area is 226 Å². The summed E-state index contributed by atoms with van der Waals surface area (Å²) in [7, 11) is 3.73. The minimum absolute atomic E-state index is 0.0552. The average Bonchev–Trinajstić information content (AvgIpc) is 2.87. The Bertz CT molecular complexity index is 1360. The minimum atomic E-state index is -0.306. The number of nitrogens with one attached hydrogen (secondary N) is 1. The summed E-state index contributed by atoms with van der Waals surface area (Å²) in [6, 6.07) is 16.7. The molecule has 0 aliphatic rings. The van der Waals surface area contributed by atoms with Crippen molar-refractivity contribution in [1.82, 2.24) is 15.0 Å².